The summed E-state index contributed by atoms with van der Waals surface area (Å²) < 4.78 is 19.6. The van der Waals surface area contributed by atoms with Crippen LogP contribution in [0.15, 0.2) is 46.9 Å². The highest BCUT2D eigenvalue weighted by molar-refractivity contribution is 9.10. The Morgan fingerprint density at radius 2 is 1.87 bits per heavy atom. The molecule has 0 heterocycles. The zero-order valence-electron chi connectivity index (χ0n) is 12.2. The number of hydrogen-bond donors (Lipinski definition) is 2. The number of carbonyl (C=O) groups is 2. The largest absolute Gasteiger partial charge is 0.482 e. The Morgan fingerprint density at radius 1 is 1.13 bits per heavy atom. The summed E-state index contributed by atoms with van der Waals surface area (Å²) in [5.74, 6) is -0.952. The van der Waals surface area contributed by atoms with Gasteiger partial charge in [-0.3, -0.25) is 9.59 Å². The van der Waals surface area contributed by atoms with E-state index in [2.05, 4.69) is 26.6 Å². The van der Waals surface area contributed by atoms with Crippen LogP contribution in [0, 0.1) is 5.82 Å². The molecule has 120 valence electrons. The molecule has 0 fully saturated rings. The van der Waals surface area contributed by atoms with E-state index in [0.29, 0.717) is 15.9 Å². The molecule has 2 amide bonds. The first kappa shape index (κ1) is 17.0. The molecule has 7 heteroatoms. The molecule has 0 saturated carbocycles. The second-order valence-electron chi connectivity index (χ2n) is 4.64. The zero-order valence-corrected chi connectivity index (χ0v) is 13.8. The fraction of sp³-hybridized carbons (Fsp3) is 0.125. The normalized spacial score (nSPS) is 10.0. The number of ether oxygens (including phenoxy) is 1. The Kier molecular flexibility index (Phi) is 5.70. The fourth-order valence-electron chi connectivity index (χ4n) is 1.81. The van der Waals surface area contributed by atoms with Crippen LogP contribution in [0.4, 0.5) is 15.8 Å². The van der Waals surface area contributed by atoms with Gasteiger partial charge in [-0.05, 0) is 30.3 Å². The van der Waals surface area contributed by atoms with Gasteiger partial charge in [0, 0.05) is 11.4 Å². The van der Waals surface area contributed by atoms with E-state index in [0.717, 1.165) is 0 Å². The highest BCUT2D eigenvalue weighted by Crippen LogP contribution is 2.24. The third-order valence-corrected chi connectivity index (χ3v) is 3.25. The van der Waals surface area contributed by atoms with Gasteiger partial charge in [0.1, 0.15) is 11.6 Å². The lowest BCUT2D eigenvalue weighted by molar-refractivity contribution is -0.118. The summed E-state index contributed by atoms with van der Waals surface area (Å²) in [6, 6.07) is 11.0. The van der Waals surface area contributed by atoms with Crippen molar-refractivity contribution in [3.63, 3.8) is 0 Å². The van der Waals surface area contributed by atoms with Gasteiger partial charge in [0.25, 0.3) is 5.91 Å². The molecular formula is C16H14BrFN2O3. The molecule has 0 aromatic heterocycles. The molecule has 0 saturated heterocycles. The van der Waals surface area contributed by atoms with Crippen molar-refractivity contribution in [2.75, 3.05) is 17.2 Å². The van der Waals surface area contributed by atoms with Gasteiger partial charge in [-0.15, -0.1) is 0 Å². The van der Waals surface area contributed by atoms with Crippen LogP contribution in [-0.4, -0.2) is 18.4 Å². The van der Waals surface area contributed by atoms with E-state index in [1.54, 1.807) is 30.3 Å². The minimum atomic E-state index is -0.550. The molecule has 2 aromatic rings. The highest BCUT2D eigenvalue weighted by atomic mass is 79.9. The molecule has 23 heavy (non-hydrogen) atoms. The number of rotatable bonds is 5. The molecule has 2 rings (SSSR count). The fourth-order valence-corrected chi connectivity index (χ4v) is 2.14. The average molecular weight is 381 g/mol. The molecule has 5 nitrogen and oxygen atoms in total. The molecule has 0 aliphatic heterocycles. The van der Waals surface area contributed by atoms with Crippen LogP contribution in [0.25, 0.3) is 0 Å². The first-order valence-electron chi connectivity index (χ1n) is 6.70. The van der Waals surface area contributed by atoms with Crippen molar-refractivity contribution in [2.45, 2.75) is 6.92 Å². The predicted molar refractivity (Wildman–Crippen MR) is 89.0 cm³/mol. The molecule has 0 radical (unpaired) electrons. The van der Waals surface area contributed by atoms with Gasteiger partial charge in [0.15, 0.2) is 6.61 Å². The second-order valence-corrected chi connectivity index (χ2v) is 5.55. The summed E-state index contributed by atoms with van der Waals surface area (Å²) in [7, 11) is 0. The number of halogens is 2. The molecule has 0 bridgehead atoms. The van der Waals surface area contributed by atoms with E-state index >= 15 is 0 Å². The smallest absolute Gasteiger partial charge is 0.262 e. The molecule has 0 atom stereocenters. The first-order chi connectivity index (χ1) is 11.0. The monoisotopic (exact) mass is 380 g/mol. The lowest BCUT2D eigenvalue weighted by atomic mass is 10.3. The third-order valence-electron chi connectivity index (χ3n) is 2.76. The van der Waals surface area contributed by atoms with E-state index in [4.69, 9.17) is 4.74 Å². The number of anilines is 2. The van der Waals surface area contributed by atoms with Gasteiger partial charge in [-0.1, -0.05) is 28.1 Å². The predicted octanol–water partition coefficient (Wildman–Crippen LogP) is 3.56. The number of para-hydroxylation sites is 2. The van der Waals surface area contributed by atoms with Crippen molar-refractivity contribution in [3.05, 3.63) is 52.8 Å². The number of amides is 2. The maximum atomic E-state index is 13.6. The Morgan fingerprint density at radius 3 is 2.57 bits per heavy atom. The third kappa shape index (κ3) is 5.07. The van der Waals surface area contributed by atoms with Crippen molar-refractivity contribution < 1.29 is 18.7 Å². The van der Waals surface area contributed by atoms with E-state index in [1.807, 2.05) is 0 Å². The van der Waals surface area contributed by atoms with Gasteiger partial charge in [0.05, 0.1) is 11.4 Å². The van der Waals surface area contributed by atoms with Crippen molar-refractivity contribution in [3.8, 4) is 5.75 Å². The average Bonchev–Trinajstić information content (AvgIpc) is 2.49. The number of benzene rings is 2. The summed E-state index contributed by atoms with van der Waals surface area (Å²) in [5.41, 5.74) is 0.527. The number of carbonyl (C=O) groups excluding carboxylic acids is 2. The minimum Gasteiger partial charge on any atom is -0.482 e. The van der Waals surface area contributed by atoms with E-state index < -0.39 is 11.7 Å². The van der Waals surface area contributed by atoms with Crippen LogP contribution >= 0.6 is 15.9 Å². The Bertz CT molecular complexity index is 737. The van der Waals surface area contributed by atoms with Crippen LogP contribution in [0.3, 0.4) is 0 Å². The van der Waals surface area contributed by atoms with Crippen molar-refractivity contribution in [1.29, 1.82) is 0 Å². The zero-order chi connectivity index (χ0) is 16.8. The van der Waals surface area contributed by atoms with Gasteiger partial charge >= 0.3 is 0 Å². The number of nitrogens with one attached hydrogen (secondary N) is 2. The molecule has 0 unspecified atom stereocenters. The maximum absolute atomic E-state index is 13.6. The second kappa shape index (κ2) is 7.73. The summed E-state index contributed by atoms with van der Waals surface area (Å²) in [6.07, 6.45) is 0. The Hall–Kier alpha value is -2.41. The van der Waals surface area contributed by atoms with Gasteiger partial charge in [-0.25, -0.2) is 4.39 Å². The SMILES string of the molecule is CC(=O)Nc1ccccc1OCC(=O)Nc1ccc(Br)cc1F. The molecule has 2 aromatic carbocycles. The van der Waals surface area contributed by atoms with Crippen molar-refractivity contribution in [1.82, 2.24) is 0 Å². The van der Waals surface area contributed by atoms with Gasteiger partial charge in [0.2, 0.25) is 5.91 Å². The standard InChI is InChI=1S/C16H14BrFN2O3/c1-10(21)19-14-4-2-3-5-15(14)23-9-16(22)20-13-7-6-11(17)8-12(13)18/h2-8H,9H2,1H3,(H,19,21)(H,20,22). The van der Waals surface area contributed by atoms with Crippen LogP contribution in [-0.2, 0) is 9.59 Å². The highest BCUT2D eigenvalue weighted by Gasteiger charge is 2.10. The van der Waals surface area contributed by atoms with Crippen molar-refractivity contribution in [2.24, 2.45) is 0 Å². The quantitative estimate of drug-likeness (QED) is 0.832. The molecule has 2 N–H and O–H groups in total. The summed E-state index contributed by atoms with van der Waals surface area (Å²) in [4.78, 5) is 23.0. The Balaban J connectivity index is 1.98. The lowest BCUT2D eigenvalue weighted by Gasteiger charge is -2.12. The molecule has 0 aliphatic carbocycles. The van der Waals surface area contributed by atoms with E-state index in [1.165, 1.54) is 19.1 Å². The van der Waals surface area contributed by atoms with Crippen LogP contribution < -0.4 is 15.4 Å². The first-order valence-corrected chi connectivity index (χ1v) is 7.49. The number of hydrogen-bond acceptors (Lipinski definition) is 3. The van der Waals surface area contributed by atoms with E-state index in [9.17, 15) is 14.0 Å². The lowest BCUT2D eigenvalue weighted by Crippen LogP contribution is -2.21. The minimum absolute atomic E-state index is 0.0666. The molecule has 0 aliphatic rings. The maximum Gasteiger partial charge on any atom is 0.262 e. The van der Waals surface area contributed by atoms with Crippen LogP contribution in [0.2, 0.25) is 0 Å². The Labute approximate surface area is 141 Å². The van der Waals surface area contributed by atoms with Gasteiger partial charge in [-0.2, -0.15) is 0 Å². The van der Waals surface area contributed by atoms with Crippen molar-refractivity contribution >= 4 is 39.1 Å². The summed E-state index contributed by atoms with van der Waals surface area (Å²) in [6.45, 7) is 1.06. The summed E-state index contributed by atoms with van der Waals surface area (Å²) in [5, 5.41) is 5.02. The van der Waals surface area contributed by atoms with E-state index in [-0.39, 0.29) is 18.2 Å². The topological polar surface area (TPSA) is 67.4 Å². The molecular weight excluding hydrogens is 367 g/mol. The summed E-state index contributed by atoms with van der Waals surface area (Å²) >= 11 is 3.14. The van der Waals surface area contributed by atoms with Crippen LogP contribution in [0.5, 0.6) is 5.75 Å². The van der Waals surface area contributed by atoms with Gasteiger partial charge < -0.3 is 15.4 Å². The van der Waals surface area contributed by atoms with Crippen LogP contribution in [0.1, 0.15) is 6.92 Å². The molecule has 0 spiro atoms.